The summed E-state index contributed by atoms with van der Waals surface area (Å²) >= 11 is 0. The van der Waals surface area contributed by atoms with Crippen LogP contribution in [0, 0.1) is 0 Å². The highest BCUT2D eigenvalue weighted by atomic mass is 16.6. The lowest BCUT2D eigenvalue weighted by Crippen LogP contribution is -2.44. The van der Waals surface area contributed by atoms with Crippen LogP contribution >= 0.6 is 0 Å². The quantitative estimate of drug-likeness (QED) is 0.198. The van der Waals surface area contributed by atoms with Gasteiger partial charge in [0.25, 0.3) is 0 Å². The van der Waals surface area contributed by atoms with Crippen molar-refractivity contribution in [3.05, 3.63) is 96.1 Å². The molecule has 0 bridgehead atoms. The van der Waals surface area contributed by atoms with Crippen molar-refractivity contribution in [3.8, 4) is 5.75 Å². The maximum Gasteiger partial charge on any atom is 0.414 e. The molecule has 0 spiro atoms. The van der Waals surface area contributed by atoms with Crippen LogP contribution in [0.2, 0.25) is 0 Å². The molecule has 3 rings (SSSR count). The number of benzene rings is 3. The molecule has 36 heavy (non-hydrogen) atoms. The van der Waals surface area contributed by atoms with Crippen molar-refractivity contribution in [3.63, 3.8) is 0 Å². The van der Waals surface area contributed by atoms with Crippen LogP contribution in [-0.2, 0) is 27.5 Å². The fraction of sp³-hybridized carbons (Fsp3) is 0.154. The second kappa shape index (κ2) is 13.3. The molecule has 0 fully saturated rings. The molecule has 0 radical (unpaired) electrons. The van der Waals surface area contributed by atoms with E-state index in [-0.39, 0.29) is 24.9 Å². The Kier molecular flexibility index (Phi) is 9.54. The first kappa shape index (κ1) is 25.9. The van der Waals surface area contributed by atoms with Gasteiger partial charge in [0.2, 0.25) is 5.96 Å². The molecule has 10 nitrogen and oxygen atoms in total. The van der Waals surface area contributed by atoms with E-state index in [4.69, 9.17) is 19.9 Å². The van der Waals surface area contributed by atoms with Gasteiger partial charge < -0.3 is 19.9 Å². The third-order valence-electron chi connectivity index (χ3n) is 4.53. The lowest BCUT2D eigenvalue weighted by Gasteiger charge is -2.12. The van der Waals surface area contributed by atoms with E-state index in [1.807, 2.05) is 36.4 Å². The summed E-state index contributed by atoms with van der Waals surface area (Å²) in [5.74, 6) is -0.535. The van der Waals surface area contributed by atoms with E-state index in [9.17, 15) is 14.4 Å². The molecular weight excluding hydrogens is 464 g/mol. The second-order valence-corrected chi connectivity index (χ2v) is 7.54. The molecule has 0 aromatic heterocycles. The summed E-state index contributed by atoms with van der Waals surface area (Å²) < 4.78 is 15.5. The third-order valence-corrected chi connectivity index (χ3v) is 4.53. The number of nitrogens with one attached hydrogen (secondary N) is 2. The lowest BCUT2D eigenvalue weighted by atomic mass is 10.2. The Morgan fingerprint density at radius 3 is 1.69 bits per heavy atom. The Balaban J connectivity index is 1.67. The van der Waals surface area contributed by atoms with Gasteiger partial charge in [0.15, 0.2) is 0 Å². The summed E-state index contributed by atoms with van der Waals surface area (Å²) in [7, 11) is 0. The molecule has 3 aromatic rings. The van der Waals surface area contributed by atoms with Gasteiger partial charge in [-0.2, -0.15) is 0 Å². The minimum Gasteiger partial charge on any atom is -0.444 e. The van der Waals surface area contributed by atoms with Crippen molar-refractivity contribution < 1.29 is 28.6 Å². The highest BCUT2D eigenvalue weighted by Crippen LogP contribution is 2.18. The van der Waals surface area contributed by atoms with Crippen LogP contribution in [0.15, 0.2) is 89.9 Å². The monoisotopic (exact) mass is 490 g/mol. The van der Waals surface area contributed by atoms with Crippen molar-refractivity contribution in [1.82, 2.24) is 10.6 Å². The maximum atomic E-state index is 12.3. The number of nitrogens with two attached hydrogens (primary N) is 1. The summed E-state index contributed by atoms with van der Waals surface area (Å²) in [6.07, 6.45) is -1.66. The lowest BCUT2D eigenvalue weighted by molar-refractivity contribution is -0.135. The summed E-state index contributed by atoms with van der Waals surface area (Å²) in [4.78, 5) is 40.6. The Morgan fingerprint density at radius 2 is 1.25 bits per heavy atom. The van der Waals surface area contributed by atoms with Gasteiger partial charge in [-0.05, 0) is 42.3 Å². The van der Waals surface area contributed by atoms with E-state index in [1.165, 1.54) is 31.2 Å². The van der Waals surface area contributed by atoms with E-state index < -0.39 is 24.2 Å². The Labute approximate surface area is 208 Å². The van der Waals surface area contributed by atoms with Gasteiger partial charge in [-0.15, -0.1) is 0 Å². The largest absolute Gasteiger partial charge is 0.444 e. The number of hydrogen-bond donors (Lipinski definition) is 3. The number of alkyl carbamates (subject to hydrolysis) is 2. The number of amides is 2. The number of hydrogen-bond acceptors (Lipinski definition) is 8. The zero-order chi connectivity index (χ0) is 25.8. The summed E-state index contributed by atoms with van der Waals surface area (Å²) in [6, 6.07) is 23.5. The molecule has 3 aromatic carbocycles. The van der Waals surface area contributed by atoms with Gasteiger partial charge in [-0.3, -0.25) is 10.6 Å². The minimum atomic E-state index is -0.830. The number of guanidine groups is 1. The number of nitrogens with zero attached hydrogens (tertiary/aromatic N) is 1. The van der Waals surface area contributed by atoms with Gasteiger partial charge in [-0.1, -0.05) is 60.7 Å². The molecule has 0 aliphatic carbocycles. The predicted octanol–water partition coefficient (Wildman–Crippen LogP) is 3.78. The second-order valence-electron chi connectivity index (χ2n) is 7.54. The Morgan fingerprint density at radius 1 is 0.778 bits per heavy atom. The number of ether oxygens (including phenoxy) is 3. The van der Waals surface area contributed by atoms with Crippen LogP contribution in [0.4, 0.5) is 15.3 Å². The molecule has 0 aliphatic heterocycles. The normalized spacial score (nSPS) is 10.9. The van der Waals surface area contributed by atoms with Crippen LogP contribution in [0.5, 0.6) is 5.75 Å². The van der Waals surface area contributed by atoms with Crippen LogP contribution in [-0.4, -0.2) is 30.2 Å². The third kappa shape index (κ3) is 8.92. The van der Waals surface area contributed by atoms with Crippen molar-refractivity contribution in [1.29, 1.82) is 0 Å². The van der Waals surface area contributed by atoms with E-state index in [1.54, 1.807) is 24.3 Å². The van der Waals surface area contributed by atoms with Gasteiger partial charge in [0.05, 0.1) is 5.69 Å². The van der Waals surface area contributed by atoms with Gasteiger partial charge in [0, 0.05) is 0 Å². The maximum absolute atomic E-state index is 12.3. The van der Waals surface area contributed by atoms with E-state index in [2.05, 4.69) is 15.6 Å². The van der Waals surface area contributed by atoms with Gasteiger partial charge in [-0.25, -0.2) is 19.4 Å². The molecule has 0 aliphatic rings. The van der Waals surface area contributed by atoms with E-state index in [0.29, 0.717) is 5.69 Å². The molecule has 1 atom stereocenters. The first-order valence-corrected chi connectivity index (χ1v) is 11.0. The number of carbonyl (C=O) groups excluding carboxylic acids is 3. The molecular formula is C26H26N4O6. The van der Waals surface area contributed by atoms with Crippen LogP contribution in [0.3, 0.4) is 0 Å². The Bertz CT molecular complexity index is 1120. The molecule has 10 heteroatoms. The zero-order valence-corrected chi connectivity index (χ0v) is 19.5. The predicted molar refractivity (Wildman–Crippen MR) is 132 cm³/mol. The average molecular weight is 491 g/mol. The zero-order valence-electron chi connectivity index (χ0n) is 19.5. The van der Waals surface area contributed by atoms with Crippen molar-refractivity contribution >= 4 is 29.8 Å². The fourth-order valence-electron chi connectivity index (χ4n) is 2.73. The highest BCUT2D eigenvalue weighted by molar-refractivity contribution is 6.02. The average Bonchev–Trinajstić information content (AvgIpc) is 2.88. The summed E-state index contributed by atoms with van der Waals surface area (Å²) in [5, 5.41) is 4.80. The van der Waals surface area contributed by atoms with E-state index >= 15 is 0 Å². The fourth-order valence-corrected chi connectivity index (χ4v) is 2.73. The van der Waals surface area contributed by atoms with Crippen molar-refractivity contribution in [2.75, 3.05) is 0 Å². The molecule has 0 saturated carbocycles. The van der Waals surface area contributed by atoms with Crippen molar-refractivity contribution in [2.24, 2.45) is 10.7 Å². The number of esters is 1. The van der Waals surface area contributed by atoms with Crippen LogP contribution < -0.4 is 21.1 Å². The van der Waals surface area contributed by atoms with Gasteiger partial charge >= 0.3 is 18.2 Å². The molecule has 0 heterocycles. The summed E-state index contributed by atoms with van der Waals surface area (Å²) in [6.45, 7) is 1.56. The highest BCUT2D eigenvalue weighted by Gasteiger charge is 2.14. The van der Waals surface area contributed by atoms with Crippen LogP contribution in [0.25, 0.3) is 0 Å². The number of carbonyl (C=O) groups is 3. The molecule has 186 valence electrons. The first-order valence-electron chi connectivity index (χ1n) is 11.0. The molecule has 0 unspecified atom stereocenters. The standard InChI is InChI=1S/C26H26N4O6/c1-18(27)23(31)36-22-14-12-21(13-15-22)28-24(29-25(32)34-16-19-8-4-2-5-9-19)30-26(33)35-17-20-10-6-3-7-11-20/h2-15,18H,16-17,27H2,1H3,(H2,28,29,30,32,33)/t18-/m0/s1. The SMILES string of the molecule is C[C@H](N)C(=O)Oc1ccc(N=C(NC(=O)OCc2ccccc2)NC(=O)OCc2ccccc2)cc1. The molecule has 0 saturated heterocycles. The smallest absolute Gasteiger partial charge is 0.414 e. The van der Waals surface area contributed by atoms with Crippen LogP contribution in [0.1, 0.15) is 18.1 Å². The first-order chi connectivity index (χ1) is 17.4. The molecule has 2 amide bonds. The minimum absolute atomic E-state index is 0.0258. The topological polar surface area (TPSA) is 141 Å². The summed E-state index contributed by atoms with van der Waals surface area (Å²) in [5.41, 5.74) is 7.42. The number of rotatable bonds is 7. The number of aliphatic imine (C=N–C) groups is 1. The molecule has 4 N–H and O–H groups in total. The Hall–Kier alpha value is -4.70. The van der Waals surface area contributed by atoms with E-state index in [0.717, 1.165) is 11.1 Å². The van der Waals surface area contributed by atoms with Gasteiger partial charge in [0.1, 0.15) is 25.0 Å². The van der Waals surface area contributed by atoms with Crippen molar-refractivity contribution in [2.45, 2.75) is 26.2 Å².